The van der Waals surface area contributed by atoms with Crippen LogP contribution in [0.2, 0.25) is 5.02 Å². The SMILES string of the molecule is CC(C)(CCl)NCc1ccncc1Cl. The van der Waals surface area contributed by atoms with Crippen molar-refractivity contribution in [2.24, 2.45) is 0 Å². The number of halogens is 2. The fourth-order valence-electron chi connectivity index (χ4n) is 0.929. The zero-order valence-corrected chi connectivity index (χ0v) is 9.86. The third-order valence-corrected chi connectivity index (χ3v) is 2.96. The van der Waals surface area contributed by atoms with Crippen molar-refractivity contribution in [1.29, 1.82) is 0 Å². The lowest BCUT2D eigenvalue weighted by molar-refractivity contribution is 0.429. The monoisotopic (exact) mass is 232 g/mol. The molecule has 0 unspecified atom stereocenters. The summed E-state index contributed by atoms with van der Waals surface area (Å²) < 4.78 is 0. The van der Waals surface area contributed by atoms with E-state index in [0.29, 0.717) is 17.4 Å². The van der Waals surface area contributed by atoms with Crippen molar-refractivity contribution < 1.29 is 0 Å². The maximum Gasteiger partial charge on any atom is 0.0634 e. The summed E-state index contributed by atoms with van der Waals surface area (Å²) in [7, 11) is 0. The molecule has 0 aliphatic carbocycles. The first-order chi connectivity index (χ1) is 6.55. The van der Waals surface area contributed by atoms with Gasteiger partial charge < -0.3 is 5.32 Å². The summed E-state index contributed by atoms with van der Waals surface area (Å²) in [4.78, 5) is 3.92. The number of nitrogens with one attached hydrogen (secondary N) is 1. The summed E-state index contributed by atoms with van der Waals surface area (Å²) in [5.74, 6) is 0.565. The summed E-state index contributed by atoms with van der Waals surface area (Å²) in [6, 6.07) is 1.90. The molecule has 1 heterocycles. The van der Waals surface area contributed by atoms with Gasteiger partial charge in [0.1, 0.15) is 0 Å². The van der Waals surface area contributed by atoms with Gasteiger partial charge in [-0.15, -0.1) is 11.6 Å². The molecule has 78 valence electrons. The lowest BCUT2D eigenvalue weighted by Crippen LogP contribution is -2.40. The van der Waals surface area contributed by atoms with E-state index in [1.165, 1.54) is 0 Å². The minimum atomic E-state index is -0.0752. The van der Waals surface area contributed by atoms with Gasteiger partial charge in [-0.1, -0.05) is 11.6 Å². The highest BCUT2D eigenvalue weighted by molar-refractivity contribution is 6.31. The maximum atomic E-state index is 5.96. The average Bonchev–Trinajstić information content (AvgIpc) is 2.17. The molecule has 0 fully saturated rings. The Labute approximate surface area is 94.6 Å². The normalized spacial score (nSPS) is 11.7. The molecule has 2 nitrogen and oxygen atoms in total. The second-order valence-electron chi connectivity index (χ2n) is 3.84. The van der Waals surface area contributed by atoms with E-state index in [9.17, 15) is 0 Å². The van der Waals surface area contributed by atoms with Crippen molar-refractivity contribution in [3.05, 3.63) is 29.0 Å². The number of rotatable bonds is 4. The summed E-state index contributed by atoms with van der Waals surface area (Å²) in [5.41, 5.74) is 0.966. The van der Waals surface area contributed by atoms with Crippen molar-refractivity contribution in [1.82, 2.24) is 10.3 Å². The Morgan fingerprint density at radius 2 is 2.21 bits per heavy atom. The summed E-state index contributed by atoms with van der Waals surface area (Å²) >= 11 is 11.8. The molecule has 0 aliphatic heterocycles. The second kappa shape index (κ2) is 4.96. The van der Waals surface area contributed by atoms with Gasteiger partial charge in [-0.05, 0) is 25.5 Å². The van der Waals surface area contributed by atoms with Crippen LogP contribution in [0.1, 0.15) is 19.4 Å². The molecule has 0 aromatic carbocycles. The van der Waals surface area contributed by atoms with E-state index in [-0.39, 0.29) is 5.54 Å². The highest BCUT2D eigenvalue weighted by Crippen LogP contribution is 2.14. The number of aromatic nitrogens is 1. The van der Waals surface area contributed by atoms with Gasteiger partial charge >= 0.3 is 0 Å². The Morgan fingerprint density at radius 1 is 1.50 bits per heavy atom. The van der Waals surface area contributed by atoms with E-state index in [1.54, 1.807) is 12.4 Å². The molecule has 14 heavy (non-hydrogen) atoms. The zero-order chi connectivity index (χ0) is 10.6. The topological polar surface area (TPSA) is 24.9 Å². The van der Waals surface area contributed by atoms with E-state index < -0.39 is 0 Å². The first kappa shape index (κ1) is 11.8. The first-order valence-corrected chi connectivity index (χ1v) is 5.36. The van der Waals surface area contributed by atoms with Crippen molar-refractivity contribution in [2.75, 3.05) is 5.88 Å². The van der Waals surface area contributed by atoms with E-state index in [1.807, 2.05) is 6.07 Å². The first-order valence-electron chi connectivity index (χ1n) is 4.44. The van der Waals surface area contributed by atoms with E-state index >= 15 is 0 Å². The van der Waals surface area contributed by atoms with E-state index in [4.69, 9.17) is 23.2 Å². The van der Waals surface area contributed by atoms with Crippen molar-refractivity contribution >= 4 is 23.2 Å². The highest BCUT2D eigenvalue weighted by Gasteiger charge is 2.15. The van der Waals surface area contributed by atoms with Gasteiger partial charge in [-0.3, -0.25) is 4.98 Å². The molecule has 0 aliphatic rings. The van der Waals surface area contributed by atoms with Gasteiger partial charge in [0.05, 0.1) is 5.02 Å². The predicted molar refractivity (Wildman–Crippen MR) is 60.9 cm³/mol. The largest absolute Gasteiger partial charge is 0.306 e. The van der Waals surface area contributed by atoms with Crippen LogP contribution in [0.3, 0.4) is 0 Å². The molecule has 0 bridgehead atoms. The smallest absolute Gasteiger partial charge is 0.0634 e. The summed E-state index contributed by atoms with van der Waals surface area (Å²) in [5, 5.41) is 4.01. The van der Waals surface area contributed by atoms with Crippen LogP contribution >= 0.6 is 23.2 Å². The fourth-order valence-corrected chi connectivity index (χ4v) is 1.21. The summed E-state index contributed by atoms with van der Waals surface area (Å²) in [6.07, 6.45) is 3.38. The molecule has 1 N–H and O–H groups in total. The molecule has 0 saturated carbocycles. The number of hydrogen-bond donors (Lipinski definition) is 1. The Morgan fingerprint density at radius 3 is 2.79 bits per heavy atom. The standard InChI is InChI=1S/C10H14Cl2N2/c1-10(2,7-11)14-5-8-3-4-13-6-9(8)12/h3-4,6,14H,5,7H2,1-2H3. The second-order valence-corrected chi connectivity index (χ2v) is 4.51. The van der Waals surface area contributed by atoms with Crippen LogP contribution in [0.5, 0.6) is 0 Å². The third-order valence-electron chi connectivity index (χ3n) is 1.95. The maximum absolute atomic E-state index is 5.96. The fraction of sp³-hybridized carbons (Fsp3) is 0.500. The molecule has 0 saturated heterocycles. The van der Waals surface area contributed by atoms with Crippen molar-refractivity contribution in [2.45, 2.75) is 25.9 Å². The minimum absolute atomic E-state index is 0.0752. The number of nitrogens with zero attached hydrogens (tertiary/aromatic N) is 1. The Kier molecular flexibility index (Phi) is 4.17. The predicted octanol–water partition coefficient (Wildman–Crippen LogP) is 2.84. The molecule has 1 rings (SSSR count). The molecular weight excluding hydrogens is 219 g/mol. The van der Waals surface area contributed by atoms with Gasteiger partial charge in [0, 0.05) is 30.4 Å². The van der Waals surface area contributed by atoms with Crippen molar-refractivity contribution in [3.8, 4) is 0 Å². The van der Waals surface area contributed by atoms with Crippen LogP contribution in [-0.4, -0.2) is 16.4 Å². The van der Waals surface area contributed by atoms with Gasteiger partial charge in [0.15, 0.2) is 0 Å². The Balaban J connectivity index is 2.58. The molecule has 0 amide bonds. The molecule has 1 aromatic heterocycles. The van der Waals surface area contributed by atoms with Crippen LogP contribution in [0, 0.1) is 0 Å². The van der Waals surface area contributed by atoms with Crippen molar-refractivity contribution in [3.63, 3.8) is 0 Å². The quantitative estimate of drug-likeness (QED) is 0.809. The van der Waals surface area contributed by atoms with E-state index in [0.717, 1.165) is 5.56 Å². The highest BCUT2D eigenvalue weighted by atomic mass is 35.5. The Hall–Kier alpha value is -0.310. The van der Waals surface area contributed by atoms with Crippen LogP contribution in [0.15, 0.2) is 18.5 Å². The lowest BCUT2D eigenvalue weighted by atomic mass is 10.1. The minimum Gasteiger partial charge on any atom is -0.306 e. The number of alkyl halides is 1. The third kappa shape index (κ3) is 3.45. The molecular formula is C10H14Cl2N2. The summed E-state index contributed by atoms with van der Waals surface area (Å²) in [6.45, 7) is 4.81. The van der Waals surface area contributed by atoms with Gasteiger partial charge in [0.2, 0.25) is 0 Å². The molecule has 4 heteroatoms. The molecule has 0 radical (unpaired) electrons. The average molecular weight is 233 g/mol. The van der Waals surface area contributed by atoms with Crippen LogP contribution in [0.25, 0.3) is 0 Å². The van der Waals surface area contributed by atoms with Crippen LogP contribution < -0.4 is 5.32 Å². The zero-order valence-electron chi connectivity index (χ0n) is 8.35. The lowest BCUT2D eigenvalue weighted by Gasteiger charge is -2.23. The van der Waals surface area contributed by atoms with E-state index in [2.05, 4.69) is 24.1 Å². The van der Waals surface area contributed by atoms with Gasteiger partial charge in [-0.25, -0.2) is 0 Å². The number of hydrogen-bond acceptors (Lipinski definition) is 2. The molecule has 1 aromatic rings. The molecule has 0 atom stereocenters. The molecule has 0 spiro atoms. The number of pyridine rings is 1. The Bertz CT molecular complexity index is 300. The van der Waals surface area contributed by atoms with Gasteiger partial charge in [-0.2, -0.15) is 0 Å². The van der Waals surface area contributed by atoms with Crippen LogP contribution in [-0.2, 0) is 6.54 Å². The van der Waals surface area contributed by atoms with Crippen LogP contribution in [0.4, 0.5) is 0 Å². The van der Waals surface area contributed by atoms with Gasteiger partial charge in [0.25, 0.3) is 0 Å².